The summed E-state index contributed by atoms with van der Waals surface area (Å²) in [5.74, 6) is 0.748. The molecule has 1 atom stereocenters. The lowest BCUT2D eigenvalue weighted by Crippen LogP contribution is -2.44. The molecule has 1 aromatic rings. The third-order valence-corrected chi connectivity index (χ3v) is 4.20. The van der Waals surface area contributed by atoms with E-state index in [1.165, 1.54) is 0 Å². The number of benzene rings is 1. The summed E-state index contributed by atoms with van der Waals surface area (Å²) >= 11 is 7.63. The highest BCUT2D eigenvalue weighted by Gasteiger charge is 2.23. The van der Waals surface area contributed by atoms with Gasteiger partial charge in [0, 0.05) is 16.1 Å². The minimum Gasteiger partial charge on any atom is -0.467 e. The van der Waals surface area contributed by atoms with Crippen LogP contribution >= 0.6 is 23.4 Å². The fourth-order valence-electron chi connectivity index (χ4n) is 2.27. The maximum Gasteiger partial charge on any atom is 0.329 e. The van der Waals surface area contributed by atoms with E-state index in [0.29, 0.717) is 35.1 Å². The molecule has 9 heteroatoms. The Morgan fingerprint density at radius 3 is 3.00 bits per heavy atom. The minimum absolute atomic E-state index is 0.0159. The van der Waals surface area contributed by atoms with Crippen LogP contribution in [-0.4, -0.2) is 36.8 Å². The van der Waals surface area contributed by atoms with E-state index in [-0.39, 0.29) is 13.4 Å². The number of halogens is 1. The molecule has 0 unspecified atom stereocenters. The zero-order chi connectivity index (χ0) is 17.5. The van der Waals surface area contributed by atoms with E-state index in [4.69, 9.17) is 31.5 Å². The van der Waals surface area contributed by atoms with Crippen LogP contribution in [0.5, 0.6) is 5.75 Å². The maximum absolute atomic E-state index is 12.2. The van der Waals surface area contributed by atoms with Crippen LogP contribution in [0.2, 0.25) is 5.02 Å². The maximum atomic E-state index is 12.2. The van der Waals surface area contributed by atoms with E-state index in [1.54, 1.807) is 23.9 Å². The molecule has 3 N–H and O–H groups in total. The minimum atomic E-state index is -0.783. The van der Waals surface area contributed by atoms with Gasteiger partial charge in [-0.2, -0.15) is 11.8 Å². The van der Waals surface area contributed by atoms with Crippen LogP contribution in [0.3, 0.4) is 0 Å². The second-order valence-electron chi connectivity index (χ2n) is 5.11. The summed E-state index contributed by atoms with van der Waals surface area (Å²) in [6.07, 6.45) is 2.34. The predicted octanol–water partition coefficient (Wildman–Crippen LogP) is 2.04. The monoisotopic (exact) mass is 374 g/mol. The Labute approximate surface area is 149 Å². The molecule has 7 nitrogen and oxygen atoms in total. The van der Waals surface area contributed by atoms with Crippen molar-refractivity contribution < 1.29 is 23.8 Å². The first-order chi connectivity index (χ1) is 11.5. The Morgan fingerprint density at radius 2 is 2.29 bits per heavy atom. The first-order valence-corrected chi connectivity index (χ1v) is 9.01. The fourth-order valence-corrected chi connectivity index (χ4v) is 3.00. The van der Waals surface area contributed by atoms with Gasteiger partial charge < -0.3 is 25.3 Å². The molecule has 1 aliphatic rings. The summed E-state index contributed by atoms with van der Waals surface area (Å²) < 4.78 is 16.0. The van der Waals surface area contributed by atoms with E-state index in [1.807, 2.05) is 6.26 Å². The van der Waals surface area contributed by atoms with Crippen LogP contribution in [0.25, 0.3) is 0 Å². The summed E-state index contributed by atoms with van der Waals surface area (Å²) in [5.41, 5.74) is 6.56. The molecule has 2 amide bonds. The number of nitrogens with two attached hydrogens (primary N) is 1. The van der Waals surface area contributed by atoms with Crippen molar-refractivity contribution in [3.8, 4) is 5.75 Å². The number of nitrogens with one attached hydrogen (secondary N) is 1. The molecule has 0 spiro atoms. The van der Waals surface area contributed by atoms with Gasteiger partial charge in [0.05, 0.1) is 6.61 Å². The number of urea groups is 1. The first-order valence-electron chi connectivity index (χ1n) is 7.24. The molecule has 0 saturated heterocycles. The molecule has 0 saturated carbocycles. The van der Waals surface area contributed by atoms with E-state index in [9.17, 15) is 9.59 Å². The van der Waals surface area contributed by atoms with Crippen LogP contribution in [0.4, 0.5) is 4.79 Å². The number of carbonyl (C=O) groups excluding carboxylic acids is 2. The molecule has 1 aromatic carbocycles. The average Bonchev–Trinajstić information content (AvgIpc) is 2.55. The molecule has 0 fully saturated rings. The van der Waals surface area contributed by atoms with Crippen molar-refractivity contribution in [1.82, 2.24) is 5.32 Å². The summed E-state index contributed by atoms with van der Waals surface area (Å²) in [7, 11) is 0. The summed E-state index contributed by atoms with van der Waals surface area (Å²) in [4.78, 5) is 23.2. The third-order valence-electron chi connectivity index (χ3n) is 3.33. The summed E-state index contributed by atoms with van der Waals surface area (Å²) in [6, 6.07) is 1.88. The Balaban J connectivity index is 2.04. The molecular weight excluding hydrogens is 356 g/mol. The normalized spacial score (nSPS) is 14.2. The number of carbonyl (C=O) groups is 2. The van der Waals surface area contributed by atoms with Gasteiger partial charge in [-0.25, -0.2) is 9.59 Å². The van der Waals surface area contributed by atoms with Crippen molar-refractivity contribution in [2.24, 2.45) is 5.73 Å². The van der Waals surface area contributed by atoms with E-state index in [0.717, 1.165) is 5.56 Å². The molecule has 1 aliphatic heterocycles. The molecular formula is C15H19ClN2O5S. The number of amides is 2. The lowest BCUT2D eigenvalue weighted by molar-refractivity contribution is -0.147. The third kappa shape index (κ3) is 5.19. The van der Waals surface area contributed by atoms with Crippen LogP contribution in [0, 0.1) is 0 Å². The van der Waals surface area contributed by atoms with Gasteiger partial charge in [-0.3, -0.25) is 0 Å². The average molecular weight is 375 g/mol. The fraction of sp³-hybridized carbons (Fsp3) is 0.467. The molecule has 0 radical (unpaired) electrons. The van der Waals surface area contributed by atoms with Crippen molar-refractivity contribution in [3.05, 3.63) is 28.3 Å². The van der Waals surface area contributed by atoms with Crippen LogP contribution < -0.4 is 15.8 Å². The number of ether oxygens (including phenoxy) is 3. The van der Waals surface area contributed by atoms with E-state index in [2.05, 4.69) is 5.32 Å². The zero-order valence-electron chi connectivity index (χ0n) is 13.2. The van der Waals surface area contributed by atoms with Gasteiger partial charge >= 0.3 is 12.0 Å². The molecule has 0 bridgehead atoms. The SMILES string of the molecule is CSCC[C@H](NC(N)=O)C(=O)OCc1cc(Cl)cc2c1OCOC2. The number of hydrogen-bond acceptors (Lipinski definition) is 6. The standard InChI is InChI=1S/C15H19ClN2O5S/c1-24-3-2-12(18-15(17)20)14(19)22-7-10-5-11(16)4-9-6-21-8-23-13(9)10/h4-5,12H,2-3,6-8H2,1H3,(H3,17,18,20)/t12-/m0/s1. The highest BCUT2D eigenvalue weighted by molar-refractivity contribution is 7.98. The van der Waals surface area contributed by atoms with Gasteiger partial charge in [0.1, 0.15) is 18.4 Å². The van der Waals surface area contributed by atoms with E-state index < -0.39 is 18.0 Å². The second-order valence-corrected chi connectivity index (χ2v) is 6.54. The van der Waals surface area contributed by atoms with Gasteiger partial charge in [-0.15, -0.1) is 0 Å². The number of primary amides is 1. The Bertz CT molecular complexity index is 614. The smallest absolute Gasteiger partial charge is 0.329 e. The van der Waals surface area contributed by atoms with Gasteiger partial charge in [0.15, 0.2) is 6.79 Å². The predicted molar refractivity (Wildman–Crippen MR) is 91.0 cm³/mol. The number of esters is 1. The van der Waals surface area contributed by atoms with Crippen molar-refractivity contribution in [2.75, 3.05) is 18.8 Å². The Kier molecular flexibility index (Phi) is 7.01. The lowest BCUT2D eigenvalue weighted by Gasteiger charge is -2.22. The highest BCUT2D eigenvalue weighted by Crippen LogP contribution is 2.32. The quantitative estimate of drug-likeness (QED) is 0.708. The van der Waals surface area contributed by atoms with Crippen LogP contribution in [-0.2, 0) is 27.5 Å². The Morgan fingerprint density at radius 1 is 1.50 bits per heavy atom. The largest absolute Gasteiger partial charge is 0.467 e. The second kappa shape index (κ2) is 9.00. The van der Waals surface area contributed by atoms with Crippen molar-refractivity contribution in [2.45, 2.75) is 25.7 Å². The molecule has 0 aliphatic carbocycles. The van der Waals surface area contributed by atoms with E-state index >= 15 is 0 Å². The molecule has 132 valence electrons. The number of thioether (sulfide) groups is 1. The number of fused-ring (bicyclic) bond motifs is 1. The molecule has 0 aromatic heterocycles. The van der Waals surface area contributed by atoms with Crippen molar-refractivity contribution in [1.29, 1.82) is 0 Å². The first kappa shape index (κ1) is 18.7. The van der Waals surface area contributed by atoms with Crippen LogP contribution in [0.15, 0.2) is 12.1 Å². The molecule has 24 heavy (non-hydrogen) atoms. The van der Waals surface area contributed by atoms with Crippen molar-refractivity contribution >= 4 is 35.4 Å². The van der Waals surface area contributed by atoms with Gasteiger partial charge in [-0.1, -0.05) is 11.6 Å². The summed E-state index contributed by atoms with van der Waals surface area (Å²) in [6.45, 7) is 0.503. The Hall–Kier alpha value is -1.64. The van der Waals surface area contributed by atoms with Gasteiger partial charge in [0.25, 0.3) is 0 Å². The van der Waals surface area contributed by atoms with Crippen molar-refractivity contribution in [3.63, 3.8) is 0 Å². The number of hydrogen-bond donors (Lipinski definition) is 2. The summed E-state index contributed by atoms with van der Waals surface area (Å²) in [5, 5.41) is 2.90. The van der Waals surface area contributed by atoms with Gasteiger partial charge in [-0.05, 0) is 30.6 Å². The zero-order valence-corrected chi connectivity index (χ0v) is 14.7. The molecule has 2 rings (SSSR count). The lowest BCUT2D eigenvalue weighted by atomic mass is 10.1. The highest BCUT2D eigenvalue weighted by atomic mass is 35.5. The van der Waals surface area contributed by atoms with Crippen LogP contribution in [0.1, 0.15) is 17.5 Å². The number of rotatable bonds is 7. The molecule has 1 heterocycles. The topological polar surface area (TPSA) is 99.9 Å². The van der Waals surface area contributed by atoms with Gasteiger partial charge in [0.2, 0.25) is 0 Å².